The van der Waals surface area contributed by atoms with Gasteiger partial charge in [-0.2, -0.15) is 0 Å². The van der Waals surface area contributed by atoms with Gasteiger partial charge in [-0.05, 0) is 24.1 Å². The number of hydrogen-bond donors (Lipinski definition) is 3. The van der Waals surface area contributed by atoms with E-state index < -0.39 is 35.3 Å². The van der Waals surface area contributed by atoms with Crippen molar-refractivity contribution >= 4 is 17.5 Å². The molecule has 2 aliphatic rings. The summed E-state index contributed by atoms with van der Waals surface area (Å²) in [5.74, 6) is -3.14. The van der Waals surface area contributed by atoms with E-state index in [0.29, 0.717) is 25.1 Å². The van der Waals surface area contributed by atoms with Crippen molar-refractivity contribution in [3.63, 3.8) is 0 Å². The fraction of sp³-hybridized carbons (Fsp3) is 0.385. The van der Waals surface area contributed by atoms with E-state index in [1.54, 1.807) is 10.8 Å². The number of halogens is 3. The first kappa shape index (κ1) is 24.7. The normalized spacial score (nSPS) is 24.7. The summed E-state index contributed by atoms with van der Waals surface area (Å²) in [6.07, 6.45) is 2.16. The molecule has 0 fully saturated rings. The molecule has 7 nitrogen and oxygen atoms in total. The molecule has 190 valence electrons. The first-order valence-electron chi connectivity index (χ1n) is 11.9. The van der Waals surface area contributed by atoms with Gasteiger partial charge in [0.05, 0.1) is 10.9 Å². The minimum Gasteiger partial charge on any atom is -0.480 e. The molecule has 4 atom stereocenters. The maximum Gasteiger partial charge on any atom is 0.223 e. The van der Waals surface area contributed by atoms with Crippen LogP contribution in [0, 0.1) is 11.7 Å². The largest absolute Gasteiger partial charge is 0.480 e. The number of rotatable bonds is 8. The van der Waals surface area contributed by atoms with Crippen LogP contribution in [0.1, 0.15) is 41.0 Å². The predicted octanol–water partition coefficient (Wildman–Crippen LogP) is 3.39. The molecular formula is C26H27ClF2N4O3. The number of benzene rings is 2. The molecule has 4 N–H and O–H groups in total. The number of primary amides is 1. The fourth-order valence-electron chi connectivity index (χ4n) is 5.44. The number of nitrogens with one attached hydrogen (secondary N) is 1. The van der Waals surface area contributed by atoms with Crippen LogP contribution in [0.15, 0.2) is 48.8 Å². The van der Waals surface area contributed by atoms with Crippen molar-refractivity contribution in [1.82, 2.24) is 14.9 Å². The molecule has 0 saturated heterocycles. The Morgan fingerprint density at radius 3 is 2.86 bits per heavy atom. The van der Waals surface area contributed by atoms with E-state index in [-0.39, 0.29) is 41.7 Å². The van der Waals surface area contributed by atoms with Gasteiger partial charge in [0.25, 0.3) is 0 Å². The second-order valence-electron chi connectivity index (χ2n) is 9.33. The van der Waals surface area contributed by atoms with Gasteiger partial charge in [0.1, 0.15) is 17.4 Å². The smallest absolute Gasteiger partial charge is 0.223 e. The van der Waals surface area contributed by atoms with Crippen LogP contribution in [-0.2, 0) is 23.4 Å². The molecule has 3 heterocycles. The third kappa shape index (κ3) is 4.15. The summed E-state index contributed by atoms with van der Waals surface area (Å²) in [5.41, 5.74) is 6.39. The van der Waals surface area contributed by atoms with Crippen LogP contribution < -0.4 is 15.8 Å². The average Bonchev–Trinajstić information content (AvgIpc) is 3.49. The van der Waals surface area contributed by atoms with E-state index in [9.17, 15) is 4.79 Å². The van der Waals surface area contributed by atoms with Crippen LogP contribution in [0.3, 0.4) is 0 Å². The van der Waals surface area contributed by atoms with Crippen molar-refractivity contribution in [2.24, 2.45) is 11.7 Å². The van der Waals surface area contributed by atoms with Crippen LogP contribution in [0.2, 0.25) is 5.02 Å². The standard InChI is InChI=1S/C26H27ClF2N4O3/c27-22-18(28)11-19-16(12-26(36-19,14-31-7-4-10-34)15-5-2-1-3-6-15)20(22)21-17(24(30)35)13-33-9-8-32-25(33)23(21)29/h1-3,5-6,8-9,11,17,21,23,31,34H,4,7,10,12-14H2,(H2,30,35)/t17?,21?,23?,26-/m1/s1. The lowest BCUT2D eigenvalue weighted by atomic mass is 9.76. The Morgan fingerprint density at radius 1 is 1.36 bits per heavy atom. The average molecular weight is 517 g/mol. The molecule has 3 aromatic rings. The van der Waals surface area contributed by atoms with E-state index >= 15 is 8.78 Å². The lowest BCUT2D eigenvalue weighted by Gasteiger charge is -2.35. The van der Waals surface area contributed by atoms with Gasteiger partial charge in [-0.3, -0.25) is 4.79 Å². The third-order valence-electron chi connectivity index (χ3n) is 7.15. The van der Waals surface area contributed by atoms with E-state index in [2.05, 4.69) is 10.3 Å². The van der Waals surface area contributed by atoms with Gasteiger partial charge in [0, 0.05) is 56.1 Å². The Kier molecular flexibility index (Phi) is 6.72. The zero-order valence-electron chi connectivity index (χ0n) is 19.5. The highest BCUT2D eigenvalue weighted by molar-refractivity contribution is 6.31. The van der Waals surface area contributed by atoms with Gasteiger partial charge in [-0.1, -0.05) is 41.9 Å². The Morgan fingerprint density at radius 2 is 2.14 bits per heavy atom. The van der Waals surface area contributed by atoms with Crippen LogP contribution in [0.5, 0.6) is 5.75 Å². The third-order valence-corrected chi connectivity index (χ3v) is 7.54. The van der Waals surface area contributed by atoms with Crippen molar-refractivity contribution in [2.75, 3.05) is 19.7 Å². The monoisotopic (exact) mass is 516 g/mol. The zero-order valence-corrected chi connectivity index (χ0v) is 20.2. The van der Waals surface area contributed by atoms with Gasteiger partial charge in [0.15, 0.2) is 11.8 Å². The van der Waals surface area contributed by atoms with Gasteiger partial charge >= 0.3 is 0 Å². The van der Waals surface area contributed by atoms with Gasteiger partial charge in [-0.25, -0.2) is 13.8 Å². The summed E-state index contributed by atoms with van der Waals surface area (Å²) >= 11 is 6.51. The SMILES string of the molecule is NC(=O)C1Cn2ccnc2C(F)C1c1c(Cl)c(F)cc2c1C[C@@](CNCCCO)(c1ccccc1)O2. The fourth-order valence-corrected chi connectivity index (χ4v) is 5.73. The number of carbonyl (C=O) groups is 1. The van der Waals surface area contributed by atoms with E-state index in [0.717, 1.165) is 5.56 Å². The number of ether oxygens (including phenoxy) is 1. The van der Waals surface area contributed by atoms with Crippen molar-refractivity contribution in [3.8, 4) is 5.75 Å². The molecule has 1 aromatic heterocycles. The maximum atomic E-state index is 16.0. The Hall–Kier alpha value is -3.01. The number of amides is 1. The quantitative estimate of drug-likeness (QED) is 0.398. The molecule has 2 aliphatic heterocycles. The van der Waals surface area contributed by atoms with Crippen LogP contribution in [-0.4, -0.2) is 40.3 Å². The minimum absolute atomic E-state index is 0.0429. The summed E-state index contributed by atoms with van der Waals surface area (Å²) in [4.78, 5) is 16.6. The summed E-state index contributed by atoms with van der Waals surface area (Å²) in [5, 5.41) is 12.2. The predicted molar refractivity (Wildman–Crippen MR) is 130 cm³/mol. The van der Waals surface area contributed by atoms with Crippen molar-refractivity contribution in [1.29, 1.82) is 0 Å². The lowest BCUT2D eigenvalue weighted by molar-refractivity contribution is -0.124. The van der Waals surface area contributed by atoms with Crippen LogP contribution >= 0.6 is 11.6 Å². The lowest BCUT2D eigenvalue weighted by Crippen LogP contribution is -2.43. The van der Waals surface area contributed by atoms with E-state index in [1.807, 2.05) is 30.3 Å². The second kappa shape index (κ2) is 9.80. The molecule has 10 heteroatoms. The topological polar surface area (TPSA) is 102 Å². The van der Waals surface area contributed by atoms with Crippen LogP contribution in [0.4, 0.5) is 8.78 Å². The number of aromatic nitrogens is 2. The van der Waals surface area contributed by atoms with Gasteiger partial charge in [-0.15, -0.1) is 0 Å². The molecule has 5 rings (SSSR count). The molecular weight excluding hydrogens is 490 g/mol. The minimum atomic E-state index is -1.72. The molecule has 0 radical (unpaired) electrons. The molecule has 3 unspecified atom stereocenters. The number of alkyl halides is 1. The first-order valence-corrected chi connectivity index (χ1v) is 12.3. The molecule has 0 saturated carbocycles. The first-order chi connectivity index (χ1) is 17.4. The van der Waals surface area contributed by atoms with Gasteiger partial charge < -0.3 is 25.5 Å². The molecule has 2 aromatic carbocycles. The van der Waals surface area contributed by atoms with Crippen molar-refractivity contribution < 1.29 is 23.4 Å². The summed E-state index contributed by atoms with van der Waals surface area (Å²) in [7, 11) is 0. The van der Waals surface area contributed by atoms with Crippen molar-refractivity contribution in [3.05, 3.63) is 82.1 Å². The number of aliphatic hydroxyl groups is 1. The number of imidazole rings is 1. The Labute approximate surface area is 212 Å². The molecule has 1 amide bonds. The molecule has 0 spiro atoms. The van der Waals surface area contributed by atoms with Gasteiger partial charge in [0.2, 0.25) is 5.91 Å². The number of fused-ring (bicyclic) bond motifs is 2. The number of nitrogens with two attached hydrogens (primary N) is 1. The highest BCUT2D eigenvalue weighted by atomic mass is 35.5. The maximum absolute atomic E-state index is 16.0. The molecule has 0 aliphatic carbocycles. The summed E-state index contributed by atoms with van der Waals surface area (Å²) < 4.78 is 39.2. The highest BCUT2D eigenvalue weighted by Gasteiger charge is 2.49. The van der Waals surface area contributed by atoms with Crippen molar-refractivity contribution in [2.45, 2.75) is 37.1 Å². The molecule has 0 bridgehead atoms. The second-order valence-corrected chi connectivity index (χ2v) is 9.71. The number of nitrogens with zero attached hydrogens (tertiary/aromatic N) is 2. The molecule has 36 heavy (non-hydrogen) atoms. The van der Waals surface area contributed by atoms with Crippen LogP contribution in [0.25, 0.3) is 0 Å². The number of aliphatic hydroxyl groups excluding tert-OH is 1. The van der Waals surface area contributed by atoms with E-state index in [1.165, 1.54) is 12.3 Å². The Bertz CT molecular complexity index is 1270. The zero-order chi connectivity index (χ0) is 25.4. The summed E-state index contributed by atoms with van der Waals surface area (Å²) in [6, 6.07) is 10.7. The highest BCUT2D eigenvalue weighted by Crippen LogP contribution is 2.53. The number of carbonyl (C=O) groups excluding carboxylic acids is 1. The summed E-state index contributed by atoms with van der Waals surface area (Å²) in [6.45, 7) is 1.07. The van der Waals surface area contributed by atoms with E-state index in [4.69, 9.17) is 27.2 Å². The Balaban J connectivity index is 1.62. The number of hydrogen-bond acceptors (Lipinski definition) is 5.